The zero-order chi connectivity index (χ0) is 56.6. The molecule has 0 spiro atoms. The highest BCUT2D eigenvalue weighted by atomic mass is 32.1. The number of unbranched alkanes of at least 4 members (excludes halogenated alkanes) is 22. The fourth-order valence-corrected chi connectivity index (χ4v) is 13.3. The molecule has 3 fully saturated rings. The summed E-state index contributed by atoms with van der Waals surface area (Å²) >= 11 is 13.7. The fourth-order valence-electron chi connectivity index (χ4n) is 13.0. The Labute approximate surface area is 496 Å². The number of halogens is 3. The summed E-state index contributed by atoms with van der Waals surface area (Å²) in [5, 5.41) is 6.72. The minimum Gasteiger partial charge on any atom is -0.205 e. The maximum atomic E-state index is 14.1. The first-order valence-corrected chi connectivity index (χ1v) is 33.6. The zero-order valence-corrected chi connectivity index (χ0v) is 52.1. The van der Waals surface area contributed by atoms with Crippen molar-refractivity contribution in [2.45, 2.75) is 295 Å². The molecule has 3 aromatic rings. The molecule has 0 amide bonds. The highest BCUT2D eigenvalue weighted by Crippen LogP contribution is 2.42. The Morgan fingerprint density at radius 1 is 0.329 bits per heavy atom. The van der Waals surface area contributed by atoms with Gasteiger partial charge in [-0.25, -0.2) is 13.2 Å². The van der Waals surface area contributed by atoms with Crippen LogP contribution in [0.2, 0.25) is 0 Å². The molecule has 6 rings (SSSR count). The molecule has 3 nitrogen and oxygen atoms in total. The van der Waals surface area contributed by atoms with Gasteiger partial charge in [0.1, 0.15) is 34.5 Å². The normalized spacial score (nSPS) is 19.8. The van der Waals surface area contributed by atoms with E-state index < -0.39 is 0 Å². The van der Waals surface area contributed by atoms with Gasteiger partial charge in [-0.05, 0) is 202 Å². The van der Waals surface area contributed by atoms with Crippen LogP contribution in [0.1, 0.15) is 312 Å². The average molecular weight is 1140 g/mol. The first-order chi connectivity index (χ1) is 38.7. The van der Waals surface area contributed by atoms with Crippen molar-refractivity contribution in [1.82, 2.24) is 0 Å². The van der Waals surface area contributed by atoms with Crippen LogP contribution in [-0.4, -0.2) is 15.5 Å². The third-order valence-corrected chi connectivity index (χ3v) is 18.3. The molecule has 0 bridgehead atoms. The molecule has 0 aliphatic heterocycles. The summed E-state index contributed by atoms with van der Waals surface area (Å²) in [5.41, 5.74) is 4.26. The predicted molar refractivity (Wildman–Crippen MR) is 344 cm³/mol. The van der Waals surface area contributed by atoms with E-state index in [-0.39, 0.29) is 17.5 Å². The monoisotopic (exact) mass is 1140 g/mol. The highest BCUT2D eigenvalue weighted by Gasteiger charge is 2.25. The molecule has 0 unspecified atom stereocenters. The smallest absolute Gasteiger partial charge is 0.149 e. The minimum atomic E-state index is -0.278. The van der Waals surface area contributed by atoms with E-state index in [0.29, 0.717) is 34.8 Å². The van der Waals surface area contributed by atoms with Gasteiger partial charge in [0, 0.05) is 0 Å². The topological polar surface area (TPSA) is 37.1 Å². The number of rotatable bonds is 34. The number of thiocarbonyl (C=S) groups is 3. The van der Waals surface area contributed by atoms with E-state index in [4.69, 9.17) is 0 Å². The molecule has 0 atom stereocenters. The second kappa shape index (κ2) is 43.5. The van der Waals surface area contributed by atoms with Gasteiger partial charge in [0.05, 0.1) is 15.5 Å². The quantitative estimate of drug-likeness (QED) is 0.0340. The van der Waals surface area contributed by atoms with Gasteiger partial charge >= 0.3 is 0 Å². The van der Waals surface area contributed by atoms with Crippen LogP contribution < -0.4 is 0 Å². The molecule has 9 heteroatoms. The fraction of sp³-hybridized carbons (Fsp3) is 0.700. The summed E-state index contributed by atoms with van der Waals surface area (Å²) in [6.07, 6.45) is 54.1. The summed E-state index contributed by atoms with van der Waals surface area (Å²) in [7, 11) is 0. The molecular formula is C70H104F3N3S3. The van der Waals surface area contributed by atoms with Gasteiger partial charge in [-0.3, -0.25) is 0 Å². The SMILES string of the molecule is CCCCCCCCCC1CCC(c2ccc(N=C=S)c(F)c2)CC1.CCCCCCCCCCC1CCC(c2ccc(N=C=S)c(F)c2)CC1.CCCCCCCCCCCCC1CCC(c2ccc(N=C=S)c(F)c2)CC1. The number of aliphatic imine (C=N–C) groups is 3. The number of isothiocyanates is 3. The second-order valence-electron chi connectivity index (χ2n) is 24.0. The van der Waals surface area contributed by atoms with Gasteiger partial charge in [0.25, 0.3) is 0 Å². The van der Waals surface area contributed by atoms with Gasteiger partial charge < -0.3 is 0 Å². The van der Waals surface area contributed by atoms with Crippen molar-refractivity contribution < 1.29 is 13.2 Å². The molecule has 0 radical (unpaired) electrons. The van der Waals surface area contributed by atoms with Crippen molar-refractivity contribution in [1.29, 1.82) is 0 Å². The lowest BCUT2D eigenvalue weighted by Crippen LogP contribution is -2.13. The van der Waals surface area contributed by atoms with Crippen molar-refractivity contribution >= 4 is 69.2 Å². The van der Waals surface area contributed by atoms with E-state index in [2.05, 4.69) is 87.9 Å². The van der Waals surface area contributed by atoms with Crippen LogP contribution in [0, 0.1) is 35.2 Å². The Morgan fingerprint density at radius 3 is 0.747 bits per heavy atom. The molecule has 0 N–H and O–H groups in total. The average Bonchev–Trinajstić information content (AvgIpc) is 3.48. The molecule has 438 valence electrons. The molecule has 0 saturated heterocycles. The van der Waals surface area contributed by atoms with Gasteiger partial charge in [-0.15, -0.1) is 0 Å². The first-order valence-electron chi connectivity index (χ1n) is 32.3. The van der Waals surface area contributed by atoms with Crippen LogP contribution in [0.25, 0.3) is 0 Å². The Balaban J connectivity index is 0.000000256. The number of benzene rings is 3. The zero-order valence-electron chi connectivity index (χ0n) is 49.6. The predicted octanol–water partition coefficient (Wildman–Crippen LogP) is 25.5. The largest absolute Gasteiger partial charge is 0.205 e. The van der Waals surface area contributed by atoms with Crippen molar-refractivity contribution in [3.05, 3.63) is 88.7 Å². The molecule has 0 heterocycles. The number of nitrogens with zero attached hydrogens (tertiary/aromatic N) is 3. The van der Waals surface area contributed by atoms with Crippen molar-refractivity contribution in [3.8, 4) is 0 Å². The van der Waals surface area contributed by atoms with Crippen molar-refractivity contribution in [3.63, 3.8) is 0 Å². The summed E-state index contributed by atoms with van der Waals surface area (Å²) in [6.45, 7) is 6.82. The molecule has 3 aliphatic carbocycles. The van der Waals surface area contributed by atoms with E-state index in [1.165, 1.54) is 257 Å². The lowest BCUT2D eigenvalue weighted by molar-refractivity contribution is 0.301. The van der Waals surface area contributed by atoms with E-state index >= 15 is 0 Å². The van der Waals surface area contributed by atoms with Crippen LogP contribution in [0.5, 0.6) is 0 Å². The molecular weight excluding hydrogens is 1040 g/mol. The Kier molecular flexibility index (Phi) is 37.7. The molecule has 79 heavy (non-hydrogen) atoms. The summed E-state index contributed by atoms with van der Waals surface area (Å²) in [6, 6.07) is 16.2. The Hall–Kier alpha value is -3.15. The van der Waals surface area contributed by atoms with E-state index in [0.717, 1.165) is 34.4 Å². The number of hydrogen-bond acceptors (Lipinski definition) is 6. The van der Waals surface area contributed by atoms with E-state index in [1.54, 1.807) is 36.4 Å². The summed E-state index contributed by atoms with van der Waals surface area (Å²) < 4.78 is 42.1. The lowest BCUT2D eigenvalue weighted by atomic mass is 9.77. The maximum Gasteiger partial charge on any atom is 0.149 e. The maximum absolute atomic E-state index is 14.1. The lowest BCUT2D eigenvalue weighted by Gasteiger charge is -2.29. The van der Waals surface area contributed by atoms with Crippen LogP contribution in [0.15, 0.2) is 69.6 Å². The van der Waals surface area contributed by atoms with Crippen molar-refractivity contribution in [2.24, 2.45) is 32.7 Å². The van der Waals surface area contributed by atoms with Crippen molar-refractivity contribution in [2.75, 3.05) is 0 Å². The highest BCUT2D eigenvalue weighted by molar-refractivity contribution is 7.78. The third kappa shape index (κ3) is 28.6. The van der Waals surface area contributed by atoms with E-state index in [1.807, 2.05) is 18.2 Å². The van der Waals surface area contributed by atoms with Crippen LogP contribution in [0.3, 0.4) is 0 Å². The standard InChI is InChI=1S/C25H38FNS.C23H34FNS.C22H32FNS/c1-2-3-4-5-6-7-8-9-10-11-12-21-13-15-22(16-14-21)23-17-18-25(27-20-28)24(26)19-23;1-2-3-4-5-6-7-8-9-10-19-11-13-20(14-12-19)21-15-16-23(25-18-26)22(24)17-21;1-2-3-4-5-6-7-8-9-18-10-12-19(13-11-18)20-14-15-22(24-17-25)21(23)16-20/h17-19,21-22H,2-16H2,1H3;15-17,19-20H,2-14H2,1H3;14-16,18-19H,2-13H2,1H3. The third-order valence-electron chi connectivity index (χ3n) is 18.0. The number of hydrogen-bond donors (Lipinski definition) is 0. The second-order valence-corrected chi connectivity index (χ2v) is 24.6. The first kappa shape index (κ1) is 68.3. The molecule has 3 saturated carbocycles. The van der Waals surface area contributed by atoms with Gasteiger partial charge in [0.2, 0.25) is 0 Å². The van der Waals surface area contributed by atoms with E-state index in [9.17, 15) is 13.2 Å². The van der Waals surface area contributed by atoms with Gasteiger partial charge in [0.15, 0.2) is 0 Å². The molecule has 0 aromatic heterocycles. The van der Waals surface area contributed by atoms with Crippen LogP contribution in [0.4, 0.5) is 30.2 Å². The van der Waals surface area contributed by atoms with Gasteiger partial charge in [-0.2, -0.15) is 15.0 Å². The van der Waals surface area contributed by atoms with Gasteiger partial charge in [-0.1, -0.05) is 219 Å². The molecule has 3 aliphatic rings. The Bertz CT molecular complexity index is 2220. The Morgan fingerprint density at radius 2 is 0.544 bits per heavy atom. The molecule has 3 aromatic carbocycles. The summed E-state index contributed by atoms with van der Waals surface area (Å²) in [4.78, 5) is 11.3. The van der Waals surface area contributed by atoms with Crippen LogP contribution in [-0.2, 0) is 0 Å². The summed E-state index contributed by atoms with van der Waals surface area (Å²) in [5.74, 6) is 3.33. The van der Waals surface area contributed by atoms with Crippen LogP contribution >= 0.6 is 36.7 Å². The minimum absolute atomic E-state index is 0.276.